The second-order valence-electron chi connectivity index (χ2n) is 2.47. The maximum absolute atomic E-state index is 10.5. The number of phenols is 1. The second kappa shape index (κ2) is 4.30. The lowest BCUT2D eigenvalue weighted by Gasteiger charge is -2.05. The van der Waals surface area contributed by atoms with E-state index in [9.17, 15) is 9.90 Å². The van der Waals surface area contributed by atoms with Crippen LogP contribution in [0.3, 0.4) is 0 Å². The Hall–Kier alpha value is -1.27. The third-order valence-electron chi connectivity index (χ3n) is 1.48. The average molecular weight is 229 g/mol. The molecule has 0 aliphatic carbocycles. The zero-order valence-corrected chi connectivity index (χ0v) is 8.60. The van der Waals surface area contributed by atoms with Crippen molar-refractivity contribution in [2.24, 2.45) is 0 Å². The van der Waals surface area contributed by atoms with Gasteiger partial charge in [0.1, 0.15) is 15.6 Å². The van der Waals surface area contributed by atoms with Crippen molar-refractivity contribution >= 4 is 40.8 Å². The average Bonchev–Trinajstić information content (AvgIpc) is 2.01. The van der Waals surface area contributed by atoms with Gasteiger partial charge in [-0.1, -0.05) is 12.2 Å². The number of anilines is 1. The monoisotopic (exact) mass is 229 g/mol. The summed E-state index contributed by atoms with van der Waals surface area (Å²) in [4.78, 5) is 10.5. The number of hydrogen-bond donors (Lipinski definition) is 4. The van der Waals surface area contributed by atoms with Gasteiger partial charge in [0.2, 0.25) is 0 Å². The molecule has 0 radical (unpaired) electrons. The Balaban J connectivity index is 3.00. The van der Waals surface area contributed by atoms with Crippen molar-refractivity contribution < 1.29 is 15.0 Å². The summed E-state index contributed by atoms with van der Waals surface area (Å²) in [5, 5.41) is 20.6. The molecule has 1 aromatic rings. The van der Waals surface area contributed by atoms with E-state index in [-0.39, 0.29) is 15.6 Å². The number of carbonyl (C=O) groups is 1. The van der Waals surface area contributed by atoms with Gasteiger partial charge in [-0.3, -0.25) is 0 Å². The Morgan fingerprint density at radius 3 is 2.57 bits per heavy atom. The van der Waals surface area contributed by atoms with Gasteiger partial charge < -0.3 is 15.5 Å². The van der Waals surface area contributed by atoms with Crippen LogP contribution in [0.2, 0.25) is 0 Å². The van der Waals surface area contributed by atoms with Gasteiger partial charge >= 0.3 is 5.97 Å². The summed E-state index contributed by atoms with van der Waals surface area (Å²) in [5.74, 6) is -1.49. The summed E-state index contributed by atoms with van der Waals surface area (Å²) < 4.78 is 0.243. The van der Waals surface area contributed by atoms with Gasteiger partial charge in [-0.05, 0) is 12.1 Å². The highest BCUT2D eigenvalue weighted by Gasteiger charge is 2.09. The van der Waals surface area contributed by atoms with Crippen molar-refractivity contribution in [2.45, 2.75) is 0 Å². The van der Waals surface area contributed by atoms with E-state index in [1.54, 1.807) is 0 Å². The lowest BCUT2D eigenvalue weighted by Crippen LogP contribution is -2.02. The van der Waals surface area contributed by atoms with Crippen LogP contribution in [0.4, 0.5) is 5.69 Å². The Bertz CT molecular complexity index is 392. The molecule has 0 amide bonds. The van der Waals surface area contributed by atoms with Crippen molar-refractivity contribution in [1.82, 2.24) is 0 Å². The summed E-state index contributed by atoms with van der Waals surface area (Å²) in [6, 6.07) is 4.05. The summed E-state index contributed by atoms with van der Waals surface area (Å²) in [6.45, 7) is 0. The standard InChI is InChI=1S/C8H7NO3S2/c10-6-3-4(9-8(13)14)1-2-5(6)7(11)12/h1-3,10H,(H,11,12)(H2,9,13,14). The lowest BCUT2D eigenvalue weighted by molar-refractivity contribution is 0.0694. The van der Waals surface area contributed by atoms with Crippen LogP contribution in [0.15, 0.2) is 18.2 Å². The largest absolute Gasteiger partial charge is 0.507 e. The number of carboxylic acids is 1. The molecule has 0 aromatic heterocycles. The minimum Gasteiger partial charge on any atom is -0.507 e. The van der Waals surface area contributed by atoms with Crippen LogP contribution in [0.1, 0.15) is 10.4 Å². The first-order valence-electron chi connectivity index (χ1n) is 3.57. The lowest BCUT2D eigenvalue weighted by atomic mass is 10.2. The van der Waals surface area contributed by atoms with Crippen LogP contribution >= 0.6 is 24.8 Å². The molecule has 4 nitrogen and oxygen atoms in total. The fourth-order valence-corrected chi connectivity index (χ4v) is 1.16. The molecular weight excluding hydrogens is 222 g/mol. The van der Waals surface area contributed by atoms with E-state index in [1.165, 1.54) is 18.2 Å². The Morgan fingerprint density at radius 2 is 2.14 bits per heavy atom. The third kappa shape index (κ3) is 2.61. The van der Waals surface area contributed by atoms with E-state index in [0.717, 1.165) is 0 Å². The van der Waals surface area contributed by atoms with Crippen LogP contribution in [0, 0.1) is 0 Å². The summed E-state index contributed by atoms with van der Waals surface area (Å²) >= 11 is 8.49. The molecular formula is C8H7NO3S2. The van der Waals surface area contributed by atoms with Gasteiger partial charge in [0.05, 0.1) is 0 Å². The molecule has 0 spiro atoms. The van der Waals surface area contributed by atoms with E-state index in [4.69, 9.17) is 5.11 Å². The summed E-state index contributed by atoms with van der Waals surface area (Å²) in [5.41, 5.74) is 0.341. The third-order valence-corrected chi connectivity index (χ3v) is 1.69. The van der Waals surface area contributed by atoms with Gasteiger partial charge in [-0.15, -0.1) is 12.6 Å². The Morgan fingerprint density at radius 1 is 1.50 bits per heavy atom. The number of thiol groups is 1. The number of carboxylic acid groups (broad SMARTS) is 1. The van der Waals surface area contributed by atoms with Crippen molar-refractivity contribution in [3.05, 3.63) is 23.8 Å². The highest BCUT2D eigenvalue weighted by atomic mass is 32.1. The van der Waals surface area contributed by atoms with Gasteiger partial charge in [0, 0.05) is 11.8 Å². The second-order valence-corrected chi connectivity index (χ2v) is 3.63. The number of rotatable bonds is 2. The molecule has 1 rings (SSSR count). The minimum atomic E-state index is -1.18. The van der Waals surface area contributed by atoms with Gasteiger partial charge in [0.15, 0.2) is 0 Å². The molecule has 0 aliphatic rings. The first-order chi connectivity index (χ1) is 6.50. The van der Waals surface area contributed by atoms with E-state index in [0.29, 0.717) is 5.69 Å². The van der Waals surface area contributed by atoms with Gasteiger partial charge in [-0.25, -0.2) is 4.79 Å². The fourth-order valence-electron chi connectivity index (χ4n) is 0.914. The predicted molar refractivity (Wildman–Crippen MR) is 60.3 cm³/mol. The molecule has 0 heterocycles. The number of aromatic carboxylic acids is 1. The maximum atomic E-state index is 10.5. The Labute approximate surface area is 91.0 Å². The van der Waals surface area contributed by atoms with Crippen LogP contribution in [0.25, 0.3) is 0 Å². The quantitative estimate of drug-likeness (QED) is 0.459. The predicted octanol–water partition coefficient (Wildman–Crippen LogP) is 1.72. The summed E-state index contributed by atoms with van der Waals surface area (Å²) in [6.07, 6.45) is 0. The van der Waals surface area contributed by atoms with Gasteiger partial charge in [0.25, 0.3) is 0 Å². The molecule has 74 valence electrons. The fraction of sp³-hybridized carbons (Fsp3) is 0. The Kier molecular flexibility index (Phi) is 3.32. The molecule has 0 atom stereocenters. The number of benzene rings is 1. The van der Waals surface area contributed by atoms with E-state index >= 15 is 0 Å². The van der Waals surface area contributed by atoms with Crippen molar-refractivity contribution in [2.75, 3.05) is 5.32 Å². The highest BCUT2D eigenvalue weighted by molar-refractivity contribution is 8.11. The number of nitrogens with one attached hydrogen (secondary N) is 1. The number of hydrogen-bond acceptors (Lipinski definition) is 3. The van der Waals surface area contributed by atoms with Crippen molar-refractivity contribution in [3.63, 3.8) is 0 Å². The summed E-state index contributed by atoms with van der Waals surface area (Å²) in [7, 11) is 0. The maximum Gasteiger partial charge on any atom is 0.339 e. The SMILES string of the molecule is O=C(O)c1ccc(NC(=S)S)cc1O. The molecule has 6 heteroatoms. The molecule has 0 bridgehead atoms. The molecule has 14 heavy (non-hydrogen) atoms. The molecule has 0 saturated carbocycles. The van der Waals surface area contributed by atoms with E-state index in [2.05, 4.69) is 30.2 Å². The first kappa shape index (κ1) is 10.8. The first-order valence-corrected chi connectivity index (χ1v) is 4.42. The molecule has 3 N–H and O–H groups in total. The van der Waals surface area contributed by atoms with Gasteiger partial charge in [-0.2, -0.15) is 0 Å². The number of aromatic hydroxyl groups is 1. The molecule has 0 aliphatic heterocycles. The zero-order chi connectivity index (χ0) is 10.7. The smallest absolute Gasteiger partial charge is 0.339 e. The molecule has 1 aromatic carbocycles. The van der Waals surface area contributed by atoms with Crippen LogP contribution in [-0.4, -0.2) is 20.5 Å². The number of thiocarbonyl (C=S) groups is 1. The van der Waals surface area contributed by atoms with E-state index in [1.807, 2.05) is 0 Å². The van der Waals surface area contributed by atoms with Crippen LogP contribution < -0.4 is 5.32 Å². The topological polar surface area (TPSA) is 69.6 Å². The molecule has 0 saturated heterocycles. The van der Waals surface area contributed by atoms with E-state index < -0.39 is 5.97 Å². The van der Waals surface area contributed by atoms with Crippen LogP contribution in [-0.2, 0) is 0 Å². The zero-order valence-electron chi connectivity index (χ0n) is 6.89. The van der Waals surface area contributed by atoms with Crippen LogP contribution in [0.5, 0.6) is 5.75 Å². The highest BCUT2D eigenvalue weighted by Crippen LogP contribution is 2.22. The normalized spacial score (nSPS) is 9.50. The van der Waals surface area contributed by atoms with Crippen molar-refractivity contribution in [3.8, 4) is 5.75 Å². The minimum absolute atomic E-state index is 0.152. The molecule has 0 unspecified atom stereocenters. The van der Waals surface area contributed by atoms with Crippen molar-refractivity contribution in [1.29, 1.82) is 0 Å². The molecule has 0 fully saturated rings.